The van der Waals surface area contributed by atoms with E-state index in [0.717, 1.165) is 5.56 Å². The molecule has 0 amide bonds. The summed E-state index contributed by atoms with van der Waals surface area (Å²) in [6.45, 7) is 0.0448. The molecule has 0 atom stereocenters. The van der Waals surface area contributed by atoms with Crippen LogP contribution < -0.4 is 10.3 Å². The lowest BCUT2D eigenvalue weighted by Crippen LogP contribution is -2.05. The maximum absolute atomic E-state index is 11.1. The molecule has 2 aromatic rings. The van der Waals surface area contributed by atoms with Crippen molar-refractivity contribution < 1.29 is 9.84 Å². The number of nitrogens with one attached hydrogen (secondary N) is 1. The molecule has 1 heterocycles. The van der Waals surface area contributed by atoms with Gasteiger partial charge in [-0.2, -0.15) is 0 Å². The normalized spacial score (nSPS) is 10.2. The van der Waals surface area contributed by atoms with E-state index in [0.29, 0.717) is 12.2 Å². The molecule has 0 bridgehead atoms. The highest BCUT2D eigenvalue weighted by Crippen LogP contribution is 2.22. The topological polar surface area (TPSA) is 75.2 Å². The van der Waals surface area contributed by atoms with Gasteiger partial charge < -0.3 is 14.8 Å². The van der Waals surface area contributed by atoms with E-state index in [4.69, 9.17) is 9.84 Å². The van der Waals surface area contributed by atoms with Crippen LogP contribution in [0, 0.1) is 0 Å². The number of aromatic amines is 1. The molecule has 0 saturated carbocycles. The van der Waals surface area contributed by atoms with E-state index in [1.165, 1.54) is 12.4 Å². The van der Waals surface area contributed by atoms with Gasteiger partial charge in [0.1, 0.15) is 5.75 Å². The van der Waals surface area contributed by atoms with E-state index in [9.17, 15) is 4.79 Å². The fourth-order valence-corrected chi connectivity index (χ4v) is 1.45. The Balaban J connectivity index is 2.26. The van der Waals surface area contributed by atoms with Crippen molar-refractivity contribution in [1.82, 2.24) is 9.97 Å². The predicted octanol–water partition coefficient (Wildman–Crippen LogP) is 1.10. The zero-order chi connectivity index (χ0) is 12.1. The first-order chi connectivity index (χ1) is 8.29. The molecule has 0 saturated heterocycles. The zero-order valence-electron chi connectivity index (χ0n) is 9.09. The van der Waals surface area contributed by atoms with Gasteiger partial charge in [-0.1, -0.05) is 18.2 Å². The fraction of sp³-hybridized carbons (Fsp3) is 0.167. The fourth-order valence-electron chi connectivity index (χ4n) is 1.45. The molecule has 0 aliphatic heterocycles. The molecule has 1 aromatic heterocycles. The lowest BCUT2D eigenvalue weighted by molar-refractivity contribution is 0.297. The van der Waals surface area contributed by atoms with Gasteiger partial charge in [0.05, 0.1) is 12.4 Å². The summed E-state index contributed by atoms with van der Waals surface area (Å²) in [6, 6.07) is 8.59. The molecular weight excluding hydrogens is 220 g/mol. The third kappa shape index (κ3) is 2.92. The molecule has 17 heavy (non-hydrogen) atoms. The van der Waals surface area contributed by atoms with Gasteiger partial charge in [0.2, 0.25) is 5.88 Å². The first-order valence-electron chi connectivity index (χ1n) is 5.21. The lowest BCUT2D eigenvalue weighted by Gasteiger charge is -2.08. The summed E-state index contributed by atoms with van der Waals surface area (Å²) in [7, 11) is 0. The first kappa shape index (κ1) is 11.3. The molecule has 0 radical (unpaired) electrons. The van der Waals surface area contributed by atoms with Crippen LogP contribution in [-0.2, 0) is 6.42 Å². The summed E-state index contributed by atoms with van der Waals surface area (Å²) < 4.78 is 5.50. The number of H-pyrrole nitrogens is 1. The van der Waals surface area contributed by atoms with Crippen molar-refractivity contribution in [3.63, 3.8) is 0 Å². The zero-order valence-corrected chi connectivity index (χ0v) is 9.09. The minimum absolute atomic E-state index is 0.0448. The van der Waals surface area contributed by atoms with E-state index >= 15 is 0 Å². The number of aliphatic hydroxyl groups is 1. The molecule has 88 valence electrons. The standard InChI is InChI=1S/C12H12N2O3/c15-6-5-9-3-1-2-4-10(9)17-12-7-11(16)13-8-14-12/h1-4,7-8,15H,5-6H2,(H,13,14,16). The van der Waals surface area contributed by atoms with Crippen molar-refractivity contribution in [2.24, 2.45) is 0 Å². The number of aliphatic hydroxyl groups excluding tert-OH is 1. The van der Waals surface area contributed by atoms with Gasteiger partial charge in [0, 0.05) is 6.61 Å². The van der Waals surface area contributed by atoms with Crippen LogP contribution in [0.25, 0.3) is 0 Å². The quantitative estimate of drug-likeness (QED) is 0.827. The van der Waals surface area contributed by atoms with Crippen LogP contribution >= 0.6 is 0 Å². The molecule has 0 aliphatic rings. The highest BCUT2D eigenvalue weighted by atomic mass is 16.5. The molecule has 2 N–H and O–H groups in total. The lowest BCUT2D eigenvalue weighted by atomic mass is 10.1. The van der Waals surface area contributed by atoms with Crippen LogP contribution in [0.4, 0.5) is 0 Å². The molecule has 5 heteroatoms. The van der Waals surface area contributed by atoms with Crippen LogP contribution in [0.3, 0.4) is 0 Å². The molecule has 0 fully saturated rings. The average molecular weight is 232 g/mol. The van der Waals surface area contributed by atoms with Crippen molar-refractivity contribution in [3.8, 4) is 11.6 Å². The average Bonchev–Trinajstić information content (AvgIpc) is 2.32. The Bertz CT molecular complexity index is 551. The highest BCUT2D eigenvalue weighted by molar-refractivity contribution is 5.35. The smallest absolute Gasteiger partial charge is 0.254 e. The van der Waals surface area contributed by atoms with E-state index in [2.05, 4.69) is 9.97 Å². The van der Waals surface area contributed by atoms with Crippen LogP contribution in [0.1, 0.15) is 5.56 Å². The molecule has 0 spiro atoms. The van der Waals surface area contributed by atoms with Gasteiger partial charge >= 0.3 is 0 Å². The van der Waals surface area contributed by atoms with E-state index in [-0.39, 0.29) is 18.0 Å². The van der Waals surface area contributed by atoms with Crippen LogP contribution in [0.2, 0.25) is 0 Å². The second-order valence-electron chi connectivity index (χ2n) is 3.43. The Morgan fingerprint density at radius 3 is 2.94 bits per heavy atom. The van der Waals surface area contributed by atoms with Crippen molar-refractivity contribution in [2.75, 3.05) is 6.61 Å². The number of hydrogen-bond donors (Lipinski definition) is 2. The van der Waals surface area contributed by atoms with Crippen LogP contribution in [0.15, 0.2) is 41.5 Å². The third-order valence-corrected chi connectivity index (χ3v) is 2.22. The second-order valence-corrected chi connectivity index (χ2v) is 3.43. The monoisotopic (exact) mass is 232 g/mol. The number of aromatic nitrogens is 2. The molecule has 0 unspecified atom stereocenters. The van der Waals surface area contributed by atoms with E-state index in [1.54, 1.807) is 6.07 Å². The summed E-state index contributed by atoms with van der Waals surface area (Å²) in [5.41, 5.74) is 0.603. The van der Waals surface area contributed by atoms with Gasteiger partial charge in [-0.05, 0) is 18.1 Å². The second kappa shape index (κ2) is 5.27. The number of hydrogen-bond acceptors (Lipinski definition) is 4. The Kier molecular flexibility index (Phi) is 3.52. The number of para-hydroxylation sites is 1. The molecule has 5 nitrogen and oxygen atoms in total. The predicted molar refractivity (Wildman–Crippen MR) is 62.2 cm³/mol. The van der Waals surface area contributed by atoms with Crippen molar-refractivity contribution in [1.29, 1.82) is 0 Å². The number of benzene rings is 1. The first-order valence-corrected chi connectivity index (χ1v) is 5.21. The molecular formula is C12H12N2O3. The SMILES string of the molecule is O=c1cc(Oc2ccccc2CCO)nc[nH]1. The Morgan fingerprint density at radius 1 is 1.35 bits per heavy atom. The van der Waals surface area contributed by atoms with Crippen molar-refractivity contribution in [2.45, 2.75) is 6.42 Å². The van der Waals surface area contributed by atoms with Crippen LogP contribution in [0.5, 0.6) is 11.6 Å². The summed E-state index contributed by atoms with van der Waals surface area (Å²) in [4.78, 5) is 17.4. The molecule has 1 aromatic carbocycles. The maximum Gasteiger partial charge on any atom is 0.254 e. The highest BCUT2D eigenvalue weighted by Gasteiger charge is 2.04. The van der Waals surface area contributed by atoms with Crippen molar-refractivity contribution >= 4 is 0 Å². The number of ether oxygens (including phenoxy) is 1. The van der Waals surface area contributed by atoms with Gasteiger partial charge in [0.15, 0.2) is 0 Å². The van der Waals surface area contributed by atoms with Gasteiger partial charge in [-0.15, -0.1) is 0 Å². The minimum Gasteiger partial charge on any atom is -0.438 e. The molecule has 0 aliphatic carbocycles. The van der Waals surface area contributed by atoms with Crippen molar-refractivity contribution in [3.05, 3.63) is 52.6 Å². The summed E-state index contributed by atoms with van der Waals surface area (Å²) in [6.07, 6.45) is 1.78. The van der Waals surface area contributed by atoms with Gasteiger partial charge in [-0.3, -0.25) is 4.79 Å². The summed E-state index contributed by atoms with van der Waals surface area (Å²) in [5, 5.41) is 8.93. The Morgan fingerprint density at radius 2 is 2.18 bits per heavy atom. The summed E-state index contributed by atoms with van der Waals surface area (Å²) in [5.74, 6) is 0.832. The summed E-state index contributed by atoms with van der Waals surface area (Å²) >= 11 is 0. The largest absolute Gasteiger partial charge is 0.438 e. The minimum atomic E-state index is -0.269. The number of nitrogens with zero attached hydrogens (tertiary/aromatic N) is 1. The molecule has 2 rings (SSSR count). The van der Waals surface area contributed by atoms with Crippen LogP contribution in [-0.4, -0.2) is 21.7 Å². The Labute approximate surface area is 97.7 Å². The Hall–Kier alpha value is -2.14. The van der Waals surface area contributed by atoms with Gasteiger partial charge in [-0.25, -0.2) is 4.98 Å². The van der Waals surface area contributed by atoms with E-state index < -0.39 is 0 Å². The maximum atomic E-state index is 11.1. The number of rotatable bonds is 4. The third-order valence-electron chi connectivity index (χ3n) is 2.22. The van der Waals surface area contributed by atoms with Gasteiger partial charge in [0.25, 0.3) is 5.56 Å². The van der Waals surface area contributed by atoms with E-state index in [1.807, 2.05) is 18.2 Å².